The average molecular weight is 352 g/mol. The molecule has 0 spiro atoms. The molecule has 1 aliphatic rings. The number of pyridine rings is 1. The van der Waals surface area contributed by atoms with Crippen molar-refractivity contribution >= 4 is 5.91 Å². The number of rotatable bonds is 5. The van der Waals surface area contributed by atoms with Gasteiger partial charge in [0.25, 0.3) is 0 Å². The highest BCUT2D eigenvalue weighted by molar-refractivity contribution is 5.76. The van der Waals surface area contributed by atoms with E-state index in [0.29, 0.717) is 13.0 Å². The second kappa shape index (κ2) is 8.45. The van der Waals surface area contributed by atoms with Crippen LogP contribution < -0.4 is 0 Å². The summed E-state index contributed by atoms with van der Waals surface area (Å²) in [4.78, 5) is 19.0. The van der Waals surface area contributed by atoms with E-state index in [0.717, 1.165) is 42.8 Å². The highest BCUT2D eigenvalue weighted by atomic mass is 16.3. The van der Waals surface area contributed by atoms with E-state index in [1.807, 2.05) is 49.1 Å². The molecule has 2 unspecified atom stereocenters. The number of benzene rings is 1. The number of carbonyl (C=O) groups is 1. The van der Waals surface area contributed by atoms with E-state index in [2.05, 4.69) is 17.1 Å². The molecular formula is C22H28N2O2. The van der Waals surface area contributed by atoms with Crippen molar-refractivity contribution in [2.75, 3.05) is 13.1 Å². The van der Waals surface area contributed by atoms with Gasteiger partial charge in [0.15, 0.2) is 0 Å². The third-order valence-corrected chi connectivity index (χ3v) is 5.17. The van der Waals surface area contributed by atoms with Crippen LogP contribution in [0.3, 0.4) is 0 Å². The molecule has 2 aromatic rings. The summed E-state index contributed by atoms with van der Waals surface area (Å²) in [6.45, 7) is 5.41. The van der Waals surface area contributed by atoms with Crippen molar-refractivity contribution in [2.24, 2.45) is 5.92 Å². The van der Waals surface area contributed by atoms with Crippen LogP contribution in [0.25, 0.3) is 0 Å². The summed E-state index contributed by atoms with van der Waals surface area (Å²) in [5.74, 6) is 0.294. The Hall–Kier alpha value is -2.20. The molecule has 1 amide bonds. The number of aliphatic hydroxyl groups excluding tert-OH is 1. The highest BCUT2D eigenvalue weighted by Crippen LogP contribution is 2.30. The predicted molar refractivity (Wildman–Crippen MR) is 103 cm³/mol. The molecule has 2 heterocycles. The summed E-state index contributed by atoms with van der Waals surface area (Å²) < 4.78 is 0. The molecule has 1 fully saturated rings. The monoisotopic (exact) mass is 352 g/mol. The van der Waals surface area contributed by atoms with Gasteiger partial charge < -0.3 is 10.0 Å². The fraction of sp³-hybridized carbons (Fsp3) is 0.455. The number of aromatic nitrogens is 1. The number of piperidine rings is 1. The first-order valence-electron chi connectivity index (χ1n) is 9.48. The summed E-state index contributed by atoms with van der Waals surface area (Å²) in [6.07, 6.45) is 2.66. The van der Waals surface area contributed by atoms with Gasteiger partial charge in [0.05, 0.1) is 6.10 Å². The number of amides is 1. The second-order valence-electron chi connectivity index (χ2n) is 7.36. The summed E-state index contributed by atoms with van der Waals surface area (Å²) in [5, 5.41) is 10.7. The quantitative estimate of drug-likeness (QED) is 0.894. The van der Waals surface area contributed by atoms with Crippen molar-refractivity contribution < 1.29 is 9.90 Å². The van der Waals surface area contributed by atoms with Crippen LogP contribution in [0.4, 0.5) is 0 Å². The van der Waals surface area contributed by atoms with Gasteiger partial charge in [-0.25, -0.2) is 0 Å². The van der Waals surface area contributed by atoms with Crippen LogP contribution in [0.2, 0.25) is 0 Å². The van der Waals surface area contributed by atoms with E-state index in [9.17, 15) is 9.90 Å². The van der Waals surface area contributed by atoms with Crippen molar-refractivity contribution in [1.29, 1.82) is 0 Å². The van der Waals surface area contributed by atoms with Crippen molar-refractivity contribution in [3.8, 4) is 0 Å². The molecule has 2 atom stereocenters. The molecule has 1 N–H and O–H groups in total. The van der Waals surface area contributed by atoms with Gasteiger partial charge in [-0.2, -0.15) is 0 Å². The van der Waals surface area contributed by atoms with Crippen LogP contribution in [-0.4, -0.2) is 34.0 Å². The molecule has 1 aromatic carbocycles. The lowest BCUT2D eigenvalue weighted by Crippen LogP contribution is -2.41. The Morgan fingerprint density at radius 2 is 1.92 bits per heavy atom. The zero-order chi connectivity index (χ0) is 18.5. The van der Waals surface area contributed by atoms with Gasteiger partial charge in [0, 0.05) is 36.8 Å². The van der Waals surface area contributed by atoms with Gasteiger partial charge >= 0.3 is 0 Å². The number of hydrogen-bond acceptors (Lipinski definition) is 3. The molecule has 1 aromatic heterocycles. The van der Waals surface area contributed by atoms with E-state index >= 15 is 0 Å². The molecule has 4 heteroatoms. The normalized spacial score (nSPS) is 18.6. The maximum atomic E-state index is 12.7. The first-order valence-corrected chi connectivity index (χ1v) is 9.48. The van der Waals surface area contributed by atoms with Crippen LogP contribution in [0.15, 0.2) is 42.5 Å². The Bertz CT molecular complexity index is 725. The molecular weight excluding hydrogens is 324 g/mol. The van der Waals surface area contributed by atoms with Crippen LogP contribution in [-0.2, 0) is 11.2 Å². The zero-order valence-corrected chi connectivity index (χ0v) is 15.7. The van der Waals surface area contributed by atoms with Crippen LogP contribution in [0.5, 0.6) is 0 Å². The van der Waals surface area contributed by atoms with E-state index in [4.69, 9.17) is 0 Å². The fourth-order valence-corrected chi connectivity index (χ4v) is 3.89. The Morgan fingerprint density at radius 1 is 1.23 bits per heavy atom. The van der Waals surface area contributed by atoms with E-state index < -0.39 is 6.10 Å². The molecule has 3 rings (SSSR count). The third kappa shape index (κ3) is 4.70. The SMILES string of the molecule is Cc1cc(CCC(=O)N2CCCC(C(O)c3ccccc3)C2)cc(C)n1. The standard InChI is InChI=1S/C22H28N2O2/c1-16-13-18(14-17(2)23-16)10-11-21(25)24-12-6-9-20(15-24)22(26)19-7-4-3-5-8-19/h3-5,7-8,13-14,20,22,26H,6,9-12,15H2,1-2H3. The number of aliphatic hydroxyl groups is 1. The molecule has 0 radical (unpaired) electrons. The largest absolute Gasteiger partial charge is 0.388 e. The number of aryl methyl sites for hydroxylation is 3. The van der Waals surface area contributed by atoms with Gasteiger partial charge in [-0.05, 0) is 56.4 Å². The Kier molecular flexibility index (Phi) is 6.04. The first-order chi connectivity index (χ1) is 12.5. The first kappa shape index (κ1) is 18.6. The Labute approximate surface area is 155 Å². The lowest BCUT2D eigenvalue weighted by Gasteiger charge is -2.35. The summed E-state index contributed by atoms with van der Waals surface area (Å²) in [7, 11) is 0. The third-order valence-electron chi connectivity index (χ3n) is 5.17. The topological polar surface area (TPSA) is 53.4 Å². The second-order valence-corrected chi connectivity index (χ2v) is 7.36. The number of nitrogens with zero attached hydrogens (tertiary/aromatic N) is 2. The predicted octanol–water partition coefficient (Wildman–Crippen LogP) is 3.60. The Morgan fingerprint density at radius 3 is 2.62 bits per heavy atom. The fourth-order valence-electron chi connectivity index (χ4n) is 3.89. The molecule has 4 nitrogen and oxygen atoms in total. The minimum absolute atomic E-state index is 0.112. The zero-order valence-electron chi connectivity index (χ0n) is 15.7. The molecule has 0 aliphatic carbocycles. The van der Waals surface area contributed by atoms with Gasteiger partial charge in [-0.3, -0.25) is 9.78 Å². The number of likely N-dealkylation sites (tertiary alicyclic amines) is 1. The molecule has 0 bridgehead atoms. The minimum atomic E-state index is -0.503. The van der Waals surface area contributed by atoms with Crippen molar-refractivity contribution in [3.05, 3.63) is 65.0 Å². The molecule has 1 aliphatic heterocycles. The van der Waals surface area contributed by atoms with Crippen LogP contribution in [0.1, 0.15) is 47.9 Å². The summed E-state index contributed by atoms with van der Waals surface area (Å²) >= 11 is 0. The maximum absolute atomic E-state index is 12.7. The summed E-state index contributed by atoms with van der Waals surface area (Å²) in [5.41, 5.74) is 4.10. The van der Waals surface area contributed by atoms with Crippen molar-refractivity contribution in [3.63, 3.8) is 0 Å². The number of hydrogen-bond donors (Lipinski definition) is 1. The molecule has 26 heavy (non-hydrogen) atoms. The smallest absolute Gasteiger partial charge is 0.222 e. The number of carbonyl (C=O) groups excluding carboxylic acids is 1. The molecule has 0 saturated carbocycles. The highest BCUT2D eigenvalue weighted by Gasteiger charge is 2.29. The van der Waals surface area contributed by atoms with Crippen molar-refractivity contribution in [2.45, 2.75) is 45.6 Å². The van der Waals surface area contributed by atoms with E-state index in [1.54, 1.807) is 0 Å². The van der Waals surface area contributed by atoms with Crippen LogP contribution in [0, 0.1) is 19.8 Å². The van der Waals surface area contributed by atoms with E-state index in [1.165, 1.54) is 5.56 Å². The lowest BCUT2D eigenvalue weighted by atomic mass is 9.88. The van der Waals surface area contributed by atoms with Crippen LogP contribution >= 0.6 is 0 Å². The van der Waals surface area contributed by atoms with Gasteiger partial charge in [0.1, 0.15) is 0 Å². The average Bonchev–Trinajstić information content (AvgIpc) is 2.65. The molecule has 1 saturated heterocycles. The maximum Gasteiger partial charge on any atom is 0.222 e. The van der Waals surface area contributed by atoms with Gasteiger partial charge in [-0.1, -0.05) is 30.3 Å². The minimum Gasteiger partial charge on any atom is -0.388 e. The lowest BCUT2D eigenvalue weighted by molar-refractivity contribution is -0.133. The summed E-state index contributed by atoms with van der Waals surface area (Å²) in [6, 6.07) is 13.9. The van der Waals surface area contributed by atoms with E-state index in [-0.39, 0.29) is 11.8 Å². The van der Waals surface area contributed by atoms with Gasteiger partial charge in [-0.15, -0.1) is 0 Å². The Balaban J connectivity index is 1.57. The van der Waals surface area contributed by atoms with Crippen molar-refractivity contribution in [1.82, 2.24) is 9.88 Å². The van der Waals surface area contributed by atoms with Gasteiger partial charge in [0.2, 0.25) is 5.91 Å². The molecule has 138 valence electrons.